The minimum Gasteiger partial charge on any atom is -0.323 e. The molecule has 0 aliphatic carbocycles. The van der Waals surface area contributed by atoms with Crippen molar-refractivity contribution in [2.45, 2.75) is 12.8 Å². The van der Waals surface area contributed by atoms with Gasteiger partial charge >= 0.3 is 0 Å². The highest BCUT2D eigenvalue weighted by Crippen LogP contribution is 2.08. The molecule has 0 radical (unpaired) electrons. The van der Waals surface area contributed by atoms with E-state index in [-0.39, 0.29) is 11.7 Å². The first-order valence-electron chi connectivity index (χ1n) is 4.72. The zero-order chi connectivity index (χ0) is 10.2. The quantitative estimate of drug-likeness (QED) is 0.752. The van der Waals surface area contributed by atoms with Crippen molar-refractivity contribution in [1.29, 1.82) is 0 Å². The van der Waals surface area contributed by atoms with Crippen molar-refractivity contribution in [2.24, 2.45) is 5.73 Å². The molecule has 0 saturated carbocycles. The highest BCUT2D eigenvalue weighted by Gasteiger charge is 1.98. The van der Waals surface area contributed by atoms with E-state index in [4.69, 9.17) is 5.73 Å². The summed E-state index contributed by atoms with van der Waals surface area (Å²) < 4.78 is 0. The molecule has 0 saturated heterocycles. The van der Waals surface area contributed by atoms with Crippen molar-refractivity contribution in [2.75, 3.05) is 12.3 Å². The number of rotatable bonds is 5. The molecular weight excluding hydrogens is 194 g/mol. The van der Waals surface area contributed by atoms with Gasteiger partial charge in [-0.05, 0) is 18.4 Å². The number of carbonyl (C=O) groups is 1. The summed E-state index contributed by atoms with van der Waals surface area (Å²) in [6.07, 6.45) is 2.06. The van der Waals surface area contributed by atoms with Crippen LogP contribution >= 0.6 is 11.8 Å². The second-order valence-electron chi connectivity index (χ2n) is 3.01. The molecule has 0 amide bonds. The summed E-state index contributed by atoms with van der Waals surface area (Å²) in [5, 5.41) is 0.0815. The molecule has 0 spiro atoms. The number of aryl methyl sites for hydroxylation is 1. The molecule has 0 unspecified atom stereocenters. The lowest BCUT2D eigenvalue weighted by molar-refractivity contribution is -0.109. The summed E-state index contributed by atoms with van der Waals surface area (Å²) in [6.45, 7) is 0.149. The fourth-order valence-electron chi connectivity index (χ4n) is 1.17. The number of benzene rings is 1. The van der Waals surface area contributed by atoms with Crippen LogP contribution in [0.3, 0.4) is 0 Å². The Morgan fingerprint density at radius 1 is 1.29 bits per heavy atom. The number of nitrogens with two attached hydrogens (primary N) is 1. The zero-order valence-corrected chi connectivity index (χ0v) is 8.93. The predicted molar refractivity (Wildman–Crippen MR) is 61.3 cm³/mol. The maximum absolute atomic E-state index is 10.9. The van der Waals surface area contributed by atoms with Crippen LogP contribution in [0.1, 0.15) is 12.0 Å². The molecule has 0 aromatic heterocycles. The fraction of sp³-hybridized carbons (Fsp3) is 0.364. The lowest BCUT2D eigenvalue weighted by atomic mass is 10.1. The van der Waals surface area contributed by atoms with E-state index < -0.39 is 0 Å². The first-order chi connectivity index (χ1) is 6.83. The van der Waals surface area contributed by atoms with Crippen LogP contribution in [0, 0.1) is 0 Å². The van der Waals surface area contributed by atoms with Crippen LogP contribution < -0.4 is 5.73 Å². The van der Waals surface area contributed by atoms with Gasteiger partial charge in [-0.25, -0.2) is 0 Å². The van der Waals surface area contributed by atoms with Gasteiger partial charge in [-0.2, -0.15) is 0 Å². The summed E-state index contributed by atoms with van der Waals surface area (Å²) in [6, 6.07) is 10.3. The van der Waals surface area contributed by atoms with Gasteiger partial charge in [0.25, 0.3) is 0 Å². The van der Waals surface area contributed by atoms with Gasteiger partial charge in [0.1, 0.15) is 0 Å². The maximum Gasteiger partial charge on any atom is 0.202 e. The molecular formula is C11H15NOS. The standard InChI is InChI=1S/C11H15NOS/c12-9-11(13)14-8-4-7-10-5-2-1-3-6-10/h1-3,5-6H,4,7-9,12H2. The smallest absolute Gasteiger partial charge is 0.202 e. The minimum atomic E-state index is 0.0815. The van der Waals surface area contributed by atoms with Crippen molar-refractivity contribution in [1.82, 2.24) is 0 Å². The Bertz CT molecular complexity index is 274. The fourth-order valence-corrected chi connectivity index (χ4v) is 1.80. The average molecular weight is 209 g/mol. The molecule has 76 valence electrons. The maximum atomic E-state index is 10.9. The summed E-state index contributed by atoms with van der Waals surface area (Å²) in [4.78, 5) is 10.9. The Hall–Kier alpha value is -0.800. The molecule has 0 atom stereocenters. The molecule has 0 bridgehead atoms. The van der Waals surface area contributed by atoms with E-state index in [1.807, 2.05) is 18.2 Å². The number of thioether (sulfide) groups is 1. The van der Waals surface area contributed by atoms with Gasteiger partial charge in [0.2, 0.25) is 5.12 Å². The van der Waals surface area contributed by atoms with Crippen molar-refractivity contribution in [3.8, 4) is 0 Å². The van der Waals surface area contributed by atoms with E-state index in [1.54, 1.807) is 0 Å². The second kappa shape index (κ2) is 6.62. The van der Waals surface area contributed by atoms with Crippen molar-refractivity contribution >= 4 is 16.9 Å². The molecule has 0 aliphatic rings. The molecule has 1 aromatic carbocycles. The average Bonchev–Trinajstić information content (AvgIpc) is 2.25. The van der Waals surface area contributed by atoms with Crippen molar-refractivity contribution in [3.05, 3.63) is 35.9 Å². The topological polar surface area (TPSA) is 43.1 Å². The van der Waals surface area contributed by atoms with Crippen LogP contribution in [0.15, 0.2) is 30.3 Å². The van der Waals surface area contributed by atoms with Crippen LogP contribution in [0.25, 0.3) is 0 Å². The summed E-state index contributed by atoms with van der Waals surface area (Å²) in [5.74, 6) is 0.866. The molecule has 2 N–H and O–H groups in total. The Morgan fingerprint density at radius 2 is 2.00 bits per heavy atom. The van der Waals surface area contributed by atoms with E-state index >= 15 is 0 Å². The van der Waals surface area contributed by atoms with E-state index in [2.05, 4.69) is 12.1 Å². The molecule has 1 rings (SSSR count). The third kappa shape index (κ3) is 4.44. The molecule has 1 aromatic rings. The molecule has 0 aliphatic heterocycles. The Morgan fingerprint density at radius 3 is 2.64 bits per heavy atom. The van der Waals surface area contributed by atoms with Gasteiger partial charge in [0, 0.05) is 5.75 Å². The van der Waals surface area contributed by atoms with Gasteiger partial charge in [-0.1, -0.05) is 42.1 Å². The van der Waals surface area contributed by atoms with Gasteiger partial charge < -0.3 is 5.73 Å². The monoisotopic (exact) mass is 209 g/mol. The van der Waals surface area contributed by atoms with Crippen molar-refractivity contribution in [3.63, 3.8) is 0 Å². The highest BCUT2D eigenvalue weighted by atomic mass is 32.2. The van der Waals surface area contributed by atoms with Crippen LogP contribution in [-0.4, -0.2) is 17.4 Å². The number of carbonyl (C=O) groups excluding carboxylic acids is 1. The predicted octanol–water partition coefficient (Wildman–Crippen LogP) is 1.84. The molecule has 0 heterocycles. The van der Waals surface area contributed by atoms with E-state index in [1.165, 1.54) is 17.3 Å². The van der Waals surface area contributed by atoms with Gasteiger partial charge in [0.15, 0.2) is 0 Å². The lowest BCUT2D eigenvalue weighted by Crippen LogP contribution is -2.09. The van der Waals surface area contributed by atoms with Gasteiger partial charge in [-0.3, -0.25) is 4.79 Å². The molecule has 0 fully saturated rings. The third-order valence-electron chi connectivity index (χ3n) is 1.88. The van der Waals surface area contributed by atoms with Crippen LogP contribution in [0.2, 0.25) is 0 Å². The van der Waals surface area contributed by atoms with Crippen LogP contribution in [-0.2, 0) is 11.2 Å². The normalized spacial score (nSPS) is 10.1. The minimum absolute atomic E-state index is 0.0815. The second-order valence-corrected chi connectivity index (χ2v) is 4.17. The lowest BCUT2D eigenvalue weighted by Gasteiger charge is -2.00. The largest absolute Gasteiger partial charge is 0.323 e. The van der Waals surface area contributed by atoms with Crippen LogP contribution in [0.5, 0.6) is 0 Å². The number of hydrogen-bond donors (Lipinski definition) is 1. The van der Waals surface area contributed by atoms with Gasteiger partial charge in [-0.15, -0.1) is 0 Å². The van der Waals surface area contributed by atoms with Crippen LogP contribution in [0.4, 0.5) is 0 Å². The zero-order valence-electron chi connectivity index (χ0n) is 8.11. The summed E-state index contributed by atoms with van der Waals surface area (Å²) in [7, 11) is 0. The Kier molecular flexibility index (Phi) is 5.33. The van der Waals surface area contributed by atoms with E-state index in [9.17, 15) is 4.79 Å². The molecule has 2 nitrogen and oxygen atoms in total. The van der Waals surface area contributed by atoms with E-state index in [0.29, 0.717) is 0 Å². The Balaban J connectivity index is 2.13. The number of hydrogen-bond acceptors (Lipinski definition) is 3. The highest BCUT2D eigenvalue weighted by molar-refractivity contribution is 8.13. The summed E-state index contributed by atoms with van der Waals surface area (Å²) >= 11 is 1.33. The third-order valence-corrected chi connectivity index (χ3v) is 2.86. The van der Waals surface area contributed by atoms with Gasteiger partial charge in [0.05, 0.1) is 6.54 Å². The first-order valence-corrected chi connectivity index (χ1v) is 5.71. The SMILES string of the molecule is NCC(=O)SCCCc1ccccc1. The Labute approximate surface area is 88.9 Å². The summed E-state index contributed by atoms with van der Waals surface area (Å²) in [5.41, 5.74) is 6.52. The van der Waals surface area contributed by atoms with Crippen molar-refractivity contribution < 1.29 is 4.79 Å². The molecule has 14 heavy (non-hydrogen) atoms. The van der Waals surface area contributed by atoms with E-state index in [0.717, 1.165) is 18.6 Å². The molecule has 3 heteroatoms. The first kappa shape index (κ1) is 11.3.